The molecule has 6 heteroatoms. The second-order valence-corrected chi connectivity index (χ2v) is 8.87. The molecule has 0 radical (unpaired) electrons. The highest BCUT2D eigenvalue weighted by molar-refractivity contribution is 7.20. The number of halogens is 1. The largest absolute Gasteiger partial charge is 0.379 e. The first-order valence-corrected chi connectivity index (χ1v) is 10.7. The van der Waals surface area contributed by atoms with Gasteiger partial charge in [-0.1, -0.05) is 42.5 Å². The van der Waals surface area contributed by atoms with Gasteiger partial charge < -0.3 is 11.1 Å². The molecule has 3 nitrogen and oxygen atoms in total. The molecule has 2 atom stereocenters. The molecule has 1 aliphatic carbocycles. The first-order valence-electron chi connectivity index (χ1n) is 8.59. The summed E-state index contributed by atoms with van der Waals surface area (Å²) in [5.74, 6) is 0.302. The van der Waals surface area contributed by atoms with Crippen LogP contribution in [-0.2, 0) is 6.54 Å². The lowest BCUT2D eigenvalue weighted by Gasteiger charge is -2.24. The van der Waals surface area contributed by atoms with E-state index >= 15 is 0 Å². The van der Waals surface area contributed by atoms with Gasteiger partial charge in [0.2, 0.25) is 0 Å². The lowest BCUT2D eigenvalue weighted by atomic mass is 9.87. The fraction of sp³-hybridized carbons (Fsp3) is 0.250. The van der Waals surface area contributed by atoms with Gasteiger partial charge >= 0.3 is 0 Å². The Morgan fingerprint density at radius 1 is 1.38 bits per heavy atom. The van der Waals surface area contributed by atoms with Gasteiger partial charge in [0, 0.05) is 39.9 Å². The molecule has 1 aliphatic rings. The maximum absolute atomic E-state index is 6.41. The second-order valence-electron chi connectivity index (χ2n) is 6.40. The van der Waals surface area contributed by atoms with Gasteiger partial charge in [0.25, 0.3) is 0 Å². The van der Waals surface area contributed by atoms with Crippen molar-refractivity contribution in [2.24, 2.45) is 5.73 Å². The second kappa shape index (κ2) is 7.53. The number of nitrogens with one attached hydrogen (secondary N) is 1. The Balaban J connectivity index is 1.78. The number of thiophene rings is 2. The quantitative estimate of drug-likeness (QED) is 0.405. The Labute approximate surface area is 166 Å². The number of nitrogens with zero attached hydrogens (tertiary/aromatic N) is 1. The predicted octanol–water partition coefficient (Wildman–Crippen LogP) is 6.03. The van der Waals surface area contributed by atoms with Crippen LogP contribution in [0, 0.1) is 0 Å². The molecule has 0 amide bonds. The van der Waals surface area contributed by atoms with Crippen LogP contribution in [0.15, 0.2) is 42.3 Å². The van der Waals surface area contributed by atoms with Crippen LogP contribution in [0.3, 0.4) is 0 Å². The zero-order chi connectivity index (χ0) is 18.1. The summed E-state index contributed by atoms with van der Waals surface area (Å²) in [6.07, 6.45) is 8.16. The van der Waals surface area contributed by atoms with E-state index in [0.29, 0.717) is 11.1 Å². The molecule has 134 valence electrons. The van der Waals surface area contributed by atoms with E-state index in [4.69, 9.17) is 17.3 Å². The average Bonchev–Trinajstić information content (AvgIpc) is 3.27. The lowest BCUT2D eigenvalue weighted by molar-refractivity contribution is 0.527. The molecule has 26 heavy (non-hydrogen) atoms. The number of hydrogen-bond acceptors (Lipinski definition) is 5. The Kier molecular flexibility index (Phi) is 5.14. The molecule has 3 aromatic heterocycles. The molecule has 0 aliphatic heterocycles. The van der Waals surface area contributed by atoms with Gasteiger partial charge in [0.1, 0.15) is 5.15 Å². The molecular weight excluding hydrogens is 382 g/mol. The van der Waals surface area contributed by atoms with Gasteiger partial charge in [-0.3, -0.25) is 0 Å². The summed E-state index contributed by atoms with van der Waals surface area (Å²) in [5, 5.41) is 6.11. The SMILES string of the molecule is C=Cc1c([C@H]2CC=CC[C@@H]2N)sc2c(NCc3cccs3)cc(Cl)nc12. The van der Waals surface area contributed by atoms with Crippen molar-refractivity contribution in [3.63, 3.8) is 0 Å². The van der Waals surface area contributed by atoms with Crippen molar-refractivity contribution in [2.45, 2.75) is 31.3 Å². The molecule has 0 unspecified atom stereocenters. The number of anilines is 1. The average molecular weight is 402 g/mol. The van der Waals surface area contributed by atoms with Crippen molar-refractivity contribution in [3.8, 4) is 0 Å². The number of allylic oxidation sites excluding steroid dienone is 1. The molecule has 0 saturated heterocycles. The third kappa shape index (κ3) is 3.32. The summed E-state index contributed by atoms with van der Waals surface area (Å²) in [7, 11) is 0. The van der Waals surface area contributed by atoms with Gasteiger partial charge in [-0.2, -0.15) is 0 Å². The number of pyridine rings is 1. The molecule has 3 aromatic rings. The number of hydrogen-bond donors (Lipinski definition) is 2. The minimum absolute atomic E-state index is 0.129. The molecule has 4 rings (SSSR count). The molecule has 3 heterocycles. The van der Waals surface area contributed by atoms with Crippen molar-refractivity contribution < 1.29 is 0 Å². The highest BCUT2D eigenvalue weighted by atomic mass is 35.5. The zero-order valence-corrected chi connectivity index (χ0v) is 16.6. The zero-order valence-electron chi connectivity index (χ0n) is 14.2. The summed E-state index contributed by atoms with van der Waals surface area (Å²) < 4.78 is 1.12. The molecular formula is C20H20ClN3S2. The monoisotopic (exact) mass is 401 g/mol. The minimum Gasteiger partial charge on any atom is -0.379 e. The number of aromatic nitrogens is 1. The molecule has 0 aromatic carbocycles. The highest BCUT2D eigenvalue weighted by Crippen LogP contribution is 2.43. The van der Waals surface area contributed by atoms with Crippen molar-refractivity contribution in [2.75, 3.05) is 5.32 Å². The third-order valence-electron chi connectivity index (χ3n) is 4.73. The summed E-state index contributed by atoms with van der Waals surface area (Å²) in [6, 6.07) is 6.23. The molecule has 3 N–H and O–H groups in total. The van der Waals surface area contributed by atoms with E-state index in [1.165, 1.54) is 9.75 Å². The van der Waals surface area contributed by atoms with Crippen LogP contribution in [0.2, 0.25) is 5.15 Å². The number of rotatable bonds is 5. The Bertz CT molecular complexity index is 959. The number of fused-ring (bicyclic) bond motifs is 1. The minimum atomic E-state index is 0.129. The first kappa shape index (κ1) is 17.7. The Morgan fingerprint density at radius 3 is 2.96 bits per heavy atom. The van der Waals surface area contributed by atoms with Crippen LogP contribution in [-0.4, -0.2) is 11.0 Å². The van der Waals surface area contributed by atoms with Gasteiger partial charge in [0.05, 0.1) is 15.9 Å². The van der Waals surface area contributed by atoms with E-state index in [2.05, 4.69) is 46.5 Å². The molecule has 0 bridgehead atoms. The fourth-order valence-corrected chi connectivity index (χ4v) is 5.67. The van der Waals surface area contributed by atoms with Crippen LogP contribution in [0.1, 0.15) is 34.1 Å². The van der Waals surface area contributed by atoms with Crippen molar-refractivity contribution >= 4 is 56.3 Å². The highest BCUT2D eigenvalue weighted by Gasteiger charge is 2.27. The number of nitrogens with two attached hydrogens (primary N) is 1. The summed E-state index contributed by atoms with van der Waals surface area (Å²) in [5.41, 5.74) is 9.42. The first-order chi connectivity index (χ1) is 12.7. The van der Waals surface area contributed by atoms with E-state index in [1.807, 2.05) is 12.1 Å². The standard InChI is InChI=1S/C20H20ClN3S2/c1-2-13-18-20(26-19(13)14-7-3-4-8-15(14)22)16(10-17(21)24-18)23-11-12-6-5-9-25-12/h2-6,9-10,14-15H,1,7-8,11,22H2,(H,23,24)/t14-,15-/m0/s1. The smallest absolute Gasteiger partial charge is 0.131 e. The third-order valence-corrected chi connectivity index (χ3v) is 7.16. The van der Waals surface area contributed by atoms with Crippen molar-refractivity contribution in [3.05, 3.63) is 62.8 Å². The van der Waals surface area contributed by atoms with Crippen LogP contribution < -0.4 is 11.1 Å². The normalized spacial score (nSPS) is 19.8. The van der Waals surface area contributed by atoms with E-state index in [1.54, 1.807) is 22.7 Å². The van der Waals surface area contributed by atoms with Crippen molar-refractivity contribution in [1.82, 2.24) is 4.98 Å². The molecule has 0 saturated carbocycles. The summed E-state index contributed by atoms with van der Waals surface area (Å²) in [6.45, 7) is 4.80. The van der Waals surface area contributed by atoms with Crippen LogP contribution in [0.25, 0.3) is 16.3 Å². The van der Waals surface area contributed by atoms with Crippen LogP contribution in [0.4, 0.5) is 5.69 Å². The maximum atomic E-state index is 6.41. The van der Waals surface area contributed by atoms with E-state index in [-0.39, 0.29) is 6.04 Å². The lowest BCUT2D eigenvalue weighted by Crippen LogP contribution is -2.29. The van der Waals surface area contributed by atoms with E-state index in [0.717, 1.165) is 40.9 Å². The van der Waals surface area contributed by atoms with Crippen LogP contribution >= 0.6 is 34.3 Å². The van der Waals surface area contributed by atoms with Gasteiger partial charge in [-0.05, 0) is 24.3 Å². The van der Waals surface area contributed by atoms with E-state index in [9.17, 15) is 0 Å². The van der Waals surface area contributed by atoms with Gasteiger partial charge in [-0.15, -0.1) is 22.7 Å². The topological polar surface area (TPSA) is 50.9 Å². The maximum Gasteiger partial charge on any atom is 0.131 e. The summed E-state index contributed by atoms with van der Waals surface area (Å²) in [4.78, 5) is 7.15. The summed E-state index contributed by atoms with van der Waals surface area (Å²) >= 11 is 9.83. The molecule has 0 fully saturated rings. The Hall–Kier alpha value is -1.66. The van der Waals surface area contributed by atoms with E-state index < -0.39 is 0 Å². The Morgan fingerprint density at radius 2 is 2.23 bits per heavy atom. The predicted molar refractivity (Wildman–Crippen MR) is 115 cm³/mol. The van der Waals surface area contributed by atoms with Crippen LogP contribution in [0.5, 0.6) is 0 Å². The molecule has 0 spiro atoms. The van der Waals surface area contributed by atoms with Gasteiger partial charge in [0.15, 0.2) is 0 Å². The fourth-order valence-electron chi connectivity index (χ4n) is 3.41. The van der Waals surface area contributed by atoms with Gasteiger partial charge in [-0.25, -0.2) is 4.98 Å². The van der Waals surface area contributed by atoms with Crippen molar-refractivity contribution in [1.29, 1.82) is 0 Å².